The molecule has 3 heterocycles. The van der Waals surface area contributed by atoms with Crippen LogP contribution < -0.4 is 10.2 Å². The fourth-order valence-corrected chi connectivity index (χ4v) is 4.95. The highest BCUT2D eigenvalue weighted by Crippen LogP contribution is 2.42. The van der Waals surface area contributed by atoms with Gasteiger partial charge in [0.15, 0.2) is 0 Å². The van der Waals surface area contributed by atoms with Gasteiger partial charge in [0.2, 0.25) is 0 Å². The molecule has 0 saturated carbocycles. The van der Waals surface area contributed by atoms with Crippen LogP contribution in [0.3, 0.4) is 0 Å². The van der Waals surface area contributed by atoms with E-state index in [9.17, 15) is 4.79 Å². The highest BCUT2D eigenvalue weighted by molar-refractivity contribution is 5.97. The number of hydrogen-bond donors (Lipinski definition) is 1. The van der Waals surface area contributed by atoms with Gasteiger partial charge >= 0.3 is 0 Å². The first-order chi connectivity index (χ1) is 14.6. The zero-order chi connectivity index (χ0) is 20.8. The Balaban J connectivity index is 1.44. The lowest BCUT2D eigenvalue weighted by Crippen LogP contribution is -2.37. The van der Waals surface area contributed by atoms with E-state index < -0.39 is 0 Å². The molecule has 1 unspecified atom stereocenters. The van der Waals surface area contributed by atoms with Crippen molar-refractivity contribution in [1.29, 1.82) is 0 Å². The van der Waals surface area contributed by atoms with Gasteiger partial charge < -0.3 is 19.7 Å². The van der Waals surface area contributed by atoms with Crippen molar-refractivity contribution in [3.05, 3.63) is 59.8 Å². The van der Waals surface area contributed by atoms with Gasteiger partial charge in [-0.1, -0.05) is 25.1 Å². The number of anilines is 2. The second-order valence-electron chi connectivity index (χ2n) is 8.74. The Morgan fingerprint density at radius 1 is 1.10 bits per heavy atom. The zero-order valence-electron chi connectivity index (χ0n) is 18.1. The summed E-state index contributed by atoms with van der Waals surface area (Å²) in [6.45, 7) is 7.11. The predicted molar refractivity (Wildman–Crippen MR) is 123 cm³/mol. The minimum atomic E-state index is 0.0496. The largest absolute Gasteiger partial charge is 0.359 e. The Labute approximate surface area is 178 Å². The first-order valence-corrected chi connectivity index (χ1v) is 11.1. The van der Waals surface area contributed by atoms with Crippen LogP contribution >= 0.6 is 0 Å². The molecule has 5 rings (SSSR count). The number of likely N-dealkylation sites (tertiary alicyclic amines) is 1. The number of benzene rings is 2. The lowest BCUT2D eigenvalue weighted by Gasteiger charge is -2.30. The predicted octanol–water partition coefficient (Wildman–Crippen LogP) is 5.09. The van der Waals surface area contributed by atoms with E-state index in [2.05, 4.69) is 72.1 Å². The van der Waals surface area contributed by atoms with Crippen molar-refractivity contribution < 1.29 is 4.79 Å². The molecule has 2 aromatic carbocycles. The molecule has 0 bridgehead atoms. The van der Waals surface area contributed by atoms with E-state index in [0.717, 1.165) is 55.3 Å². The summed E-state index contributed by atoms with van der Waals surface area (Å²) in [5.74, 6) is 0.871. The molecule has 1 saturated heterocycles. The van der Waals surface area contributed by atoms with Gasteiger partial charge in [-0.25, -0.2) is 0 Å². The molecular formula is C25H30N4O. The Kier molecular flexibility index (Phi) is 4.69. The van der Waals surface area contributed by atoms with Crippen molar-refractivity contribution in [3.63, 3.8) is 0 Å². The van der Waals surface area contributed by atoms with E-state index in [1.54, 1.807) is 0 Å². The summed E-state index contributed by atoms with van der Waals surface area (Å²) in [5.41, 5.74) is 5.45. The van der Waals surface area contributed by atoms with Crippen LogP contribution in [0.25, 0.3) is 10.9 Å². The Bertz CT molecular complexity index is 1090. The summed E-state index contributed by atoms with van der Waals surface area (Å²) < 4.78 is 2.37. The number of rotatable bonds is 3. The molecule has 0 radical (unpaired) electrons. The number of amides is 1. The number of aryl methyl sites for hydroxylation is 1. The summed E-state index contributed by atoms with van der Waals surface area (Å²) in [5, 5.41) is 4.94. The molecule has 1 fully saturated rings. The van der Waals surface area contributed by atoms with Gasteiger partial charge in [0.1, 0.15) is 6.17 Å². The number of piperidine rings is 1. The van der Waals surface area contributed by atoms with Gasteiger partial charge in [0.05, 0.1) is 17.1 Å². The van der Waals surface area contributed by atoms with Gasteiger partial charge in [-0.2, -0.15) is 0 Å². The second kappa shape index (κ2) is 7.38. The number of hydrogen-bond acceptors (Lipinski definition) is 3. The fourth-order valence-electron chi connectivity index (χ4n) is 4.95. The van der Waals surface area contributed by atoms with Crippen molar-refractivity contribution in [2.24, 2.45) is 5.92 Å². The van der Waals surface area contributed by atoms with Gasteiger partial charge in [-0.15, -0.1) is 0 Å². The van der Waals surface area contributed by atoms with E-state index in [4.69, 9.17) is 0 Å². The minimum Gasteiger partial charge on any atom is -0.359 e. The highest BCUT2D eigenvalue weighted by Gasteiger charge is 2.31. The average molecular weight is 403 g/mol. The normalized spacial score (nSPS) is 19.2. The van der Waals surface area contributed by atoms with Crippen LogP contribution in [-0.4, -0.2) is 35.5 Å². The number of nitrogens with one attached hydrogen (secondary N) is 1. The molecule has 156 valence electrons. The van der Waals surface area contributed by atoms with Crippen molar-refractivity contribution >= 4 is 28.2 Å². The number of para-hydroxylation sites is 1. The third-order valence-electron chi connectivity index (χ3n) is 6.81. The molecule has 5 heteroatoms. The lowest BCUT2D eigenvalue weighted by atomic mass is 9.98. The van der Waals surface area contributed by atoms with Crippen molar-refractivity contribution in [1.82, 2.24) is 9.47 Å². The number of carbonyl (C=O) groups is 1. The number of nitrogens with zero attached hydrogens (tertiary/aromatic N) is 3. The van der Waals surface area contributed by atoms with Crippen LogP contribution in [0.4, 0.5) is 11.4 Å². The molecule has 1 amide bonds. The maximum Gasteiger partial charge on any atom is 0.253 e. The molecular weight excluding hydrogens is 372 g/mol. The molecule has 1 atom stereocenters. The lowest BCUT2D eigenvalue weighted by molar-refractivity contribution is 0.0697. The van der Waals surface area contributed by atoms with Crippen LogP contribution in [0.5, 0.6) is 0 Å². The molecule has 30 heavy (non-hydrogen) atoms. The molecule has 2 aliphatic rings. The van der Waals surface area contributed by atoms with Crippen LogP contribution in [0.15, 0.2) is 48.5 Å². The van der Waals surface area contributed by atoms with Crippen LogP contribution in [0.2, 0.25) is 0 Å². The molecule has 0 spiro atoms. The molecule has 5 nitrogen and oxygen atoms in total. The number of carbonyl (C=O) groups excluding carboxylic acids is 1. The third-order valence-corrected chi connectivity index (χ3v) is 6.81. The Hall–Kier alpha value is -2.95. The SMILES string of the molecule is CCn1c(C2Nc3cc(C(=O)N4CCC(C)CC4)ccc3N2C)cc2ccccc21. The van der Waals surface area contributed by atoms with Gasteiger partial charge in [0.25, 0.3) is 5.91 Å². The van der Waals surface area contributed by atoms with E-state index in [1.807, 2.05) is 17.0 Å². The maximum atomic E-state index is 13.0. The highest BCUT2D eigenvalue weighted by atomic mass is 16.2. The molecule has 1 N–H and O–H groups in total. The minimum absolute atomic E-state index is 0.0496. The van der Waals surface area contributed by atoms with E-state index in [-0.39, 0.29) is 12.1 Å². The van der Waals surface area contributed by atoms with Crippen molar-refractivity contribution in [2.75, 3.05) is 30.4 Å². The molecule has 1 aromatic heterocycles. The van der Waals surface area contributed by atoms with Gasteiger partial charge in [-0.05, 0) is 56.0 Å². The zero-order valence-corrected chi connectivity index (χ0v) is 18.1. The van der Waals surface area contributed by atoms with E-state index >= 15 is 0 Å². The summed E-state index contributed by atoms with van der Waals surface area (Å²) >= 11 is 0. The summed E-state index contributed by atoms with van der Waals surface area (Å²) in [6, 6.07) is 16.9. The Morgan fingerprint density at radius 2 is 1.87 bits per heavy atom. The third kappa shape index (κ3) is 3.04. The standard InChI is InChI=1S/C25H30N4O/c1-4-29-21-8-6-5-7-18(21)16-23(29)24-26-20-15-19(9-10-22(20)27(24)3)25(30)28-13-11-17(2)12-14-28/h5-10,15-17,24,26H,4,11-14H2,1-3H3. The maximum absolute atomic E-state index is 13.0. The molecule has 3 aromatic rings. The van der Waals surface area contributed by atoms with Gasteiger partial charge in [0, 0.05) is 43.1 Å². The van der Waals surface area contributed by atoms with E-state index in [0.29, 0.717) is 0 Å². The van der Waals surface area contributed by atoms with E-state index in [1.165, 1.54) is 16.6 Å². The summed E-state index contributed by atoms with van der Waals surface area (Å²) in [7, 11) is 2.12. The Morgan fingerprint density at radius 3 is 2.63 bits per heavy atom. The quantitative estimate of drug-likeness (QED) is 0.663. The number of fused-ring (bicyclic) bond motifs is 2. The summed E-state index contributed by atoms with van der Waals surface area (Å²) in [6.07, 6.45) is 2.25. The topological polar surface area (TPSA) is 40.5 Å². The van der Waals surface area contributed by atoms with Crippen LogP contribution in [-0.2, 0) is 6.54 Å². The van der Waals surface area contributed by atoms with Crippen molar-refractivity contribution in [3.8, 4) is 0 Å². The first-order valence-electron chi connectivity index (χ1n) is 11.1. The fraction of sp³-hybridized carbons (Fsp3) is 0.400. The van der Waals surface area contributed by atoms with Gasteiger partial charge in [-0.3, -0.25) is 4.79 Å². The molecule has 2 aliphatic heterocycles. The first kappa shape index (κ1) is 19.0. The van der Waals surface area contributed by atoms with Crippen molar-refractivity contribution in [2.45, 2.75) is 39.4 Å². The number of aromatic nitrogens is 1. The average Bonchev–Trinajstić information content (AvgIpc) is 3.30. The second-order valence-corrected chi connectivity index (χ2v) is 8.74. The smallest absolute Gasteiger partial charge is 0.253 e. The van der Waals surface area contributed by atoms with Crippen LogP contribution in [0, 0.1) is 5.92 Å². The molecule has 0 aliphatic carbocycles. The summed E-state index contributed by atoms with van der Waals surface area (Å²) in [4.78, 5) is 17.3. The monoisotopic (exact) mass is 402 g/mol. The van der Waals surface area contributed by atoms with Crippen LogP contribution in [0.1, 0.15) is 48.9 Å².